The van der Waals surface area contributed by atoms with Crippen LogP contribution in [0.25, 0.3) is 0 Å². The second-order valence-corrected chi connectivity index (χ2v) is 8.50. The van der Waals surface area contributed by atoms with Gasteiger partial charge in [-0.05, 0) is 18.2 Å². The fraction of sp³-hybridized carbons (Fsp3) is 0.533. The fourth-order valence-corrected chi connectivity index (χ4v) is 6.44. The number of fused-ring (bicyclic) bond motifs is 5. The van der Waals surface area contributed by atoms with Crippen molar-refractivity contribution in [3.8, 4) is 6.07 Å². The quantitative estimate of drug-likeness (QED) is 0.799. The molecule has 5 atom stereocenters. The normalized spacial score (nSPS) is 35.6. The van der Waals surface area contributed by atoms with Crippen LogP contribution in [0.5, 0.6) is 0 Å². The number of rotatable bonds is 1. The molecule has 6 nitrogen and oxygen atoms in total. The highest BCUT2D eigenvalue weighted by Gasteiger charge is 2.64. The SMILES string of the molecule is N#Cc1ccc(N2C[C@H]3[C@@H]4O[C@@H](C[C@H]4O)[C@H]3S2(=O)=O)cc1C(F)(F)F. The Morgan fingerprint density at radius 1 is 1.36 bits per heavy atom. The summed E-state index contributed by atoms with van der Waals surface area (Å²) in [7, 11) is -3.91. The maximum atomic E-state index is 13.1. The van der Waals surface area contributed by atoms with Crippen LogP contribution in [0, 0.1) is 17.2 Å². The van der Waals surface area contributed by atoms with Crippen LogP contribution in [0.15, 0.2) is 18.2 Å². The molecule has 0 spiro atoms. The third kappa shape index (κ3) is 2.26. The van der Waals surface area contributed by atoms with Gasteiger partial charge < -0.3 is 9.84 Å². The van der Waals surface area contributed by atoms with E-state index in [1.165, 1.54) is 12.1 Å². The van der Waals surface area contributed by atoms with Crippen LogP contribution < -0.4 is 4.31 Å². The summed E-state index contributed by atoms with van der Waals surface area (Å²) in [6.07, 6.45) is -6.57. The first-order valence-corrected chi connectivity index (χ1v) is 9.11. The Labute approximate surface area is 141 Å². The molecular formula is C15H13F3N2O4S. The van der Waals surface area contributed by atoms with Gasteiger partial charge in [0.05, 0.1) is 41.2 Å². The third-order valence-electron chi connectivity index (χ3n) is 5.14. The molecule has 3 saturated heterocycles. The molecule has 3 aliphatic rings. The number of ether oxygens (including phenoxy) is 1. The van der Waals surface area contributed by atoms with Crippen molar-refractivity contribution >= 4 is 15.7 Å². The smallest absolute Gasteiger partial charge is 0.390 e. The van der Waals surface area contributed by atoms with E-state index in [4.69, 9.17) is 10.00 Å². The Hall–Kier alpha value is -1.83. The lowest BCUT2D eigenvalue weighted by molar-refractivity contribution is -0.137. The predicted octanol–water partition coefficient (Wildman–Crippen LogP) is 1.24. The van der Waals surface area contributed by atoms with Gasteiger partial charge in [0.15, 0.2) is 0 Å². The van der Waals surface area contributed by atoms with E-state index in [-0.39, 0.29) is 18.7 Å². The van der Waals surface area contributed by atoms with E-state index < -0.39 is 56.8 Å². The molecule has 3 fully saturated rings. The summed E-state index contributed by atoms with van der Waals surface area (Å²) in [6, 6.07) is 4.33. The zero-order valence-electron chi connectivity index (χ0n) is 12.6. The third-order valence-corrected chi connectivity index (χ3v) is 7.46. The number of halogens is 3. The van der Waals surface area contributed by atoms with Gasteiger partial charge in [-0.3, -0.25) is 4.31 Å². The fourth-order valence-electron chi connectivity index (χ4n) is 4.12. The van der Waals surface area contributed by atoms with Crippen LogP contribution in [-0.2, 0) is 20.9 Å². The number of nitriles is 1. The highest BCUT2D eigenvalue weighted by Crippen LogP contribution is 2.49. The van der Waals surface area contributed by atoms with Crippen LogP contribution >= 0.6 is 0 Å². The minimum absolute atomic E-state index is 0.0472. The number of aliphatic hydroxyl groups is 1. The molecule has 0 radical (unpaired) electrons. The van der Waals surface area contributed by atoms with Gasteiger partial charge in [0, 0.05) is 18.9 Å². The standard InChI is InChI=1S/C15H13F3N2O4S/c16-15(17,18)10-3-8(2-1-7(10)5-19)20-6-9-13-11(21)4-12(24-13)14(9)25(20,22)23/h1-3,9,11-14,21H,4,6H2/t9-,11+,12-,13-,14-/m0/s1. The predicted molar refractivity (Wildman–Crippen MR) is 79.0 cm³/mol. The van der Waals surface area contributed by atoms with Crippen molar-refractivity contribution < 1.29 is 31.4 Å². The number of anilines is 1. The molecule has 0 aliphatic carbocycles. The van der Waals surface area contributed by atoms with E-state index in [0.29, 0.717) is 6.07 Å². The number of hydrogen-bond donors (Lipinski definition) is 1. The van der Waals surface area contributed by atoms with E-state index in [9.17, 15) is 26.7 Å². The maximum absolute atomic E-state index is 13.1. The van der Waals surface area contributed by atoms with E-state index in [1.807, 2.05) is 0 Å². The van der Waals surface area contributed by atoms with Crippen LogP contribution in [-0.4, -0.2) is 43.6 Å². The molecule has 0 aromatic heterocycles. The summed E-state index contributed by atoms with van der Waals surface area (Å²) in [6.45, 7) is -0.0472. The monoisotopic (exact) mass is 374 g/mol. The lowest BCUT2D eigenvalue weighted by Gasteiger charge is -2.22. The molecule has 1 aromatic rings. The highest BCUT2D eigenvalue weighted by atomic mass is 32.2. The Morgan fingerprint density at radius 3 is 2.72 bits per heavy atom. The van der Waals surface area contributed by atoms with Crippen LogP contribution in [0.1, 0.15) is 17.5 Å². The van der Waals surface area contributed by atoms with Gasteiger partial charge in [-0.2, -0.15) is 18.4 Å². The van der Waals surface area contributed by atoms with Crippen molar-refractivity contribution in [2.75, 3.05) is 10.8 Å². The van der Waals surface area contributed by atoms with Crippen molar-refractivity contribution in [3.63, 3.8) is 0 Å². The van der Waals surface area contributed by atoms with Crippen molar-refractivity contribution in [1.29, 1.82) is 5.26 Å². The van der Waals surface area contributed by atoms with Gasteiger partial charge in [-0.25, -0.2) is 8.42 Å². The number of aliphatic hydroxyl groups excluding tert-OH is 1. The van der Waals surface area contributed by atoms with Gasteiger partial charge in [-0.1, -0.05) is 0 Å². The van der Waals surface area contributed by atoms with E-state index in [0.717, 1.165) is 10.4 Å². The highest BCUT2D eigenvalue weighted by molar-refractivity contribution is 7.93. The van der Waals surface area contributed by atoms with Crippen molar-refractivity contribution in [2.24, 2.45) is 5.92 Å². The molecule has 2 bridgehead atoms. The Balaban J connectivity index is 1.76. The molecule has 134 valence electrons. The summed E-state index contributed by atoms with van der Waals surface area (Å²) in [4.78, 5) is 0. The van der Waals surface area contributed by atoms with Gasteiger partial charge in [-0.15, -0.1) is 0 Å². The molecule has 0 unspecified atom stereocenters. The van der Waals surface area contributed by atoms with Crippen molar-refractivity contribution in [1.82, 2.24) is 0 Å². The molecule has 3 heterocycles. The lowest BCUT2D eigenvalue weighted by atomic mass is 9.87. The van der Waals surface area contributed by atoms with Gasteiger partial charge >= 0.3 is 6.18 Å². The molecule has 1 aromatic carbocycles. The molecule has 0 amide bonds. The maximum Gasteiger partial charge on any atom is 0.417 e. The molecule has 4 rings (SSSR count). The zero-order valence-corrected chi connectivity index (χ0v) is 13.5. The zero-order chi connectivity index (χ0) is 18.1. The topological polar surface area (TPSA) is 90.6 Å². The van der Waals surface area contributed by atoms with Gasteiger partial charge in [0.1, 0.15) is 5.25 Å². The molecule has 1 N–H and O–H groups in total. The van der Waals surface area contributed by atoms with Crippen molar-refractivity contribution in [3.05, 3.63) is 29.3 Å². The van der Waals surface area contributed by atoms with Gasteiger partial charge in [0.25, 0.3) is 0 Å². The summed E-state index contributed by atoms with van der Waals surface area (Å²) in [5.74, 6) is -0.483. The second-order valence-electron chi connectivity index (χ2n) is 6.49. The number of hydrogen-bond acceptors (Lipinski definition) is 5. The number of sulfonamides is 1. The van der Waals surface area contributed by atoms with E-state index >= 15 is 0 Å². The second kappa shape index (κ2) is 5.09. The number of alkyl halides is 3. The summed E-state index contributed by atoms with van der Waals surface area (Å²) < 4.78 is 71.5. The molecule has 10 heteroatoms. The summed E-state index contributed by atoms with van der Waals surface area (Å²) in [5.41, 5.74) is -1.86. The van der Waals surface area contributed by atoms with E-state index in [1.54, 1.807) is 0 Å². The summed E-state index contributed by atoms with van der Waals surface area (Å²) in [5, 5.41) is 17.9. The van der Waals surface area contributed by atoms with Crippen LogP contribution in [0.3, 0.4) is 0 Å². The molecule has 25 heavy (non-hydrogen) atoms. The molecule has 3 aliphatic heterocycles. The Morgan fingerprint density at radius 2 is 2.08 bits per heavy atom. The first-order valence-electron chi connectivity index (χ1n) is 7.61. The Kier molecular flexibility index (Phi) is 3.39. The number of benzene rings is 1. The molecule has 0 saturated carbocycles. The average molecular weight is 374 g/mol. The summed E-state index contributed by atoms with van der Waals surface area (Å²) >= 11 is 0. The van der Waals surface area contributed by atoms with Crippen LogP contribution in [0.2, 0.25) is 0 Å². The minimum atomic E-state index is -4.77. The van der Waals surface area contributed by atoms with E-state index in [2.05, 4.69) is 0 Å². The van der Waals surface area contributed by atoms with Gasteiger partial charge in [0.2, 0.25) is 10.0 Å². The first kappa shape index (κ1) is 16.6. The first-order chi connectivity index (χ1) is 11.6. The lowest BCUT2D eigenvalue weighted by Crippen LogP contribution is -2.40. The average Bonchev–Trinajstić information content (AvgIpc) is 3.15. The van der Waals surface area contributed by atoms with Crippen LogP contribution in [0.4, 0.5) is 18.9 Å². The largest absolute Gasteiger partial charge is 0.417 e. The minimum Gasteiger partial charge on any atom is -0.390 e. The van der Waals surface area contributed by atoms with Crippen molar-refractivity contribution in [2.45, 2.75) is 36.2 Å². The molecular weight excluding hydrogens is 361 g/mol. The Bertz CT molecular complexity index is 880. The number of nitrogens with zero attached hydrogens (tertiary/aromatic N) is 2.